The van der Waals surface area contributed by atoms with Crippen molar-refractivity contribution in [3.63, 3.8) is 0 Å². The van der Waals surface area contributed by atoms with Gasteiger partial charge in [0.05, 0.1) is 16.8 Å². The number of hydrogen-bond acceptors (Lipinski definition) is 3. The largest absolute Gasteiger partial charge is 0.453 e. The van der Waals surface area contributed by atoms with Crippen molar-refractivity contribution in [3.8, 4) is 22.6 Å². The van der Waals surface area contributed by atoms with Crippen LogP contribution in [0.5, 0.6) is 11.5 Å². The zero-order chi connectivity index (χ0) is 24.7. The predicted molar refractivity (Wildman–Crippen MR) is 155 cm³/mol. The molecule has 2 aromatic heterocycles. The first-order chi connectivity index (χ1) is 18.8. The fraction of sp³-hybridized carbons (Fsp3) is 0.0303. The third kappa shape index (κ3) is 2.06. The van der Waals surface area contributed by atoms with Crippen LogP contribution in [-0.4, -0.2) is 11.3 Å². The highest BCUT2D eigenvalue weighted by Crippen LogP contribution is 2.53. The third-order valence-corrected chi connectivity index (χ3v) is 8.58. The average Bonchev–Trinajstić information content (AvgIpc) is 3.48. The molecule has 5 aromatic carbocycles. The molecule has 0 unspecified atom stereocenters. The molecule has 0 spiro atoms. The summed E-state index contributed by atoms with van der Waals surface area (Å²) in [7, 11) is 0. The number of benzene rings is 5. The highest BCUT2D eigenvalue weighted by Gasteiger charge is 2.46. The van der Waals surface area contributed by atoms with Crippen LogP contribution < -0.4 is 20.6 Å². The van der Waals surface area contributed by atoms with Crippen molar-refractivity contribution in [2.75, 3.05) is 4.90 Å². The summed E-state index contributed by atoms with van der Waals surface area (Å²) in [5.41, 5.74) is 12.8. The molecule has 5 heterocycles. The van der Waals surface area contributed by atoms with E-state index >= 15 is 0 Å². The first-order valence-corrected chi connectivity index (χ1v) is 13.1. The standard InChI is InChI=1S/C33H19BN2O2/c1-18-16-22-19-9-6-10-21-29-20-8-2-4-13-26(20)38-33(29)36(31(19)21)34-23-11-7-15-28-32(23)35(25(17-18)30(22)34)24-12-3-5-14-27(24)37-28/h2-17H,1H3. The maximum absolute atomic E-state index is 6.67. The SMILES string of the molecule is Cc1cc2c3c(c1)N1c4ccccc4Oc4cccc(c41)B3n1c3oc4ccccc4c3c3cccc-2c31. The number of hydrogen-bond donors (Lipinski definition) is 0. The van der Waals surface area contributed by atoms with Gasteiger partial charge in [0.25, 0.3) is 0 Å². The Labute approximate surface area is 218 Å². The quantitative estimate of drug-likeness (QED) is 0.210. The number of aryl methyl sites for hydroxylation is 1. The van der Waals surface area contributed by atoms with Gasteiger partial charge in [0.15, 0.2) is 17.2 Å². The lowest BCUT2D eigenvalue weighted by Gasteiger charge is -2.43. The van der Waals surface area contributed by atoms with Gasteiger partial charge in [0, 0.05) is 27.5 Å². The summed E-state index contributed by atoms with van der Waals surface area (Å²) >= 11 is 0. The van der Waals surface area contributed by atoms with E-state index in [4.69, 9.17) is 9.15 Å². The summed E-state index contributed by atoms with van der Waals surface area (Å²) in [6, 6.07) is 34.6. The van der Waals surface area contributed by atoms with E-state index < -0.39 is 0 Å². The van der Waals surface area contributed by atoms with Crippen molar-refractivity contribution in [3.05, 3.63) is 103 Å². The molecule has 7 aromatic rings. The maximum atomic E-state index is 6.67. The molecule has 4 nitrogen and oxygen atoms in total. The van der Waals surface area contributed by atoms with Crippen molar-refractivity contribution in [2.24, 2.45) is 0 Å². The Hall–Kier alpha value is -4.90. The minimum Gasteiger partial charge on any atom is -0.453 e. The number of aromatic nitrogens is 1. The molecule has 0 radical (unpaired) electrons. The first-order valence-electron chi connectivity index (χ1n) is 13.1. The second kappa shape index (κ2) is 6.32. The van der Waals surface area contributed by atoms with Crippen LogP contribution in [0.2, 0.25) is 0 Å². The summed E-state index contributed by atoms with van der Waals surface area (Å²) in [5, 5.41) is 3.60. The number of fused-ring (bicyclic) bond motifs is 11. The molecule has 0 saturated heterocycles. The lowest BCUT2D eigenvalue weighted by molar-refractivity contribution is 0.477. The fourth-order valence-electron chi connectivity index (χ4n) is 7.23. The molecule has 3 aliphatic heterocycles. The summed E-state index contributed by atoms with van der Waals surface area (Å²) in [5.74, 6) is 1.77. The number of furan rings is 1. The molecule has 0 N–H and O–H groups in total. The van der Waals surface area contributed by atoms with Gasteiger partial charge in [-0.15, -0.1) is 0 Å². The number of rotatable bonds is 0. The molecule has 5 heteroatoms. The van der Waals surface area contributed by atoms with Crippen molar-refractivity contribution >= 4 is 67.8 Å². The third-order valence-electron chi connectivity index (χ3n) is 8.58. The zero-order valence-electron chi connectivity index (χ0n) is 20.5. The van der Waals surface area contributed by atoms with Gasteiger partial charge in [-0.3, -0.25) is 0 Å². The second-order valence-corrected chi connectivity index (χ2v) is 10.6. The molecular formula is C33H19BN2O2. The molecule has 0 fully saturated rings. The molecule has 0 saturated carbocycles. The van der Waals surface area contributed by atoms with Crippen LogP contribution in [0.3, 0.4) is 0 Å². The highest BCUT2D eigenvalue weighted by atomic mass is 16.5. The molecule has 0 atom stereocenters. The van der Waals surface area contributed by atoms with Crippen LogP contribution in [0.4, 0.5) is 17.1 Å². The van der Waals surface area contributed by atoms with Crippen LogP contribution >= 0.6 is 0 Å². The lowest BCUT2D eigenvalue weighted by Crippen LogP contribution is -2.57. The van der Waals surface area contributed by atoms with E-state index in [2.05, 4.69) is 101 Å². The summed E-state index contributed by atoms with van der Waals surface area (Å²) in [6.45, 7) is 2.17. The summed E-state index contributed by atoms with van der Waals surface area (Å²) in [4.78, 5) is 2.41. The Bertz CT molecular complexity index is 2210. The van der Waals surface area contributed by atoms with Crippen molar-refractivity contribution in [1.29, 1.82) is 0 Å². The lowest BCUT2D eigenvalue weighted by atomic mass is 9.45. The number of nitrogens with zero attached hydrogens (tertiary/aromatic N) is 2. The minimum atomic E-state index is -0.0314. The normalized spacial score (nSPS) is 14.0. The monoisotopic (exact) mass is 486 g/mol. The molecule has 0 aliphatic carbocycles. The maximum Gasteiger partial charge on any atom is 0.336 e. The van der Waals surface area contributed by atoms with E-state index in [1.54, 1.807) is 0 Å². The van der Waals surface area contributed by atoms with E-state index in [-0.39, 0.29) is 6.85 Å². The van der Waals surface area contributed by atoms with E-state index in [0.717, 1.165) is 39.6 Å². The Morgan fingerprint density at radius 2 is 1.53 bits per heavy atom. The van der Waals surface area contributed by atoms with E-state index in [1.165, 1.54) is 49.6 Å². The molecular weight excluding hydrogens is 467 g/mol. The first kappa shape index (κ1) is 19.2. The molecule has 176 valence electrons. The van der Waals surface area contributed by atoms with Crippen LogP contribution in [-0.2, 0) is 0 Å². The van der Waals surface area contributed by atoms with Crippen molar-refractivity contribution < 1.29 is 9.15 Å². The van der Waals surface area contributed by atoms with Gasteiger partial charge in [-0.05, 0) is 59.3 Å². The number of anilines is 3. The molecule has 38 heavy (non-hydrogen) atoms. The van der Waals surface area contributed by atoms with Crippen LogP contribution in [0.25, 0.3) is 44.1 Å². The molecule has 0 amide bonds. The second-order valence-electron chi connectivity index (χ2n) is 10.6. The van der Waals surface area contributed by atoms with E-state index in [0.29, 0.717) is 0 Å². The Morgan fingerprint density at radius 3 is 2.50 bits per heavy atom. The molecule has 3 aliphatic rings. The van der Waals surface area contributed by atoms with E-state index in [9.17, 15) is 0 Å². The van der Waals surface area contributed by atoms with Gasteiger partial charge in [-0.1, -0.05) is 66.7 Å². The van der Waals surface area contributed by atoms with Crippen LogP contribution in [0, 0.1) is 6.92 Å². The van der Waals surface area contributed by atoms with Crippen LogP contribution in [0.1, 0.15) is 5.56 Å². The smallest absolute Gasteiger partial charge is 0.336 e. The number of ether oxygens (including phenoxy) is 1. The number of para-hydroxylation sites is 5. The Balaban J connectivity index is 1.44. The van der Waals surface area contributed by atoms with Crippen molar-refractivity contribution in [2.45, 2.75) is 6.92 Å². The molecule has 0 bridgehead atoms. The van der Waals surface area contributed by atoms with Crippen LogP contribution in [0.15, 0.2) is 101 Å². The Morgan fingerprint density at radius 1 is 0.711 bits per heavy atom. The summed E-state index contributed by atoms with van der Waals surface area (Å²) in [6.07, 6.45) is 0. The fourth-order valence-corrected chi connectivity index (χ4v) is 7.23. The van der Waals surface area contributed by atoms with Gasteiger partial charge < -0.3 is 18.5 Å². The Kier molecular flexibility index (Phi) is 3.20. The van der Waals surface area contributed by atoms with Gasteiger partial charge in [0.1, 0.15) is 5.58 Å². The predicted octanol–water partition coefficient (Wildman–Crippen LogP) is 7.37. The minimum absolute atomic E-state index is 0.0314. The van der Waals surface area contributed by atoms with Crippen molar-refractivity contribution in [1.82, 2.24) is 4.48 Å². The van der Waals surface area contributed by atoms with Gasteiger partial charge in [-0.25, -0.2) is 0 Å². The molecule has 10 rings (SSSR count). The summed E-state index contributed by atoms with van der Waals surface area (Å²) < 4.78 is 15.6. The van der Waals surface area contributed by atoms with Gasteiger partial charge in [0.2, 0.25) is 0 Å². The topological polar surface area (TPSA) is 30.5 Å². The van der Waals surface area contributed by atoms with E-state index in [1.807, 2.05) is 12.1 Å². The highest BCUT2D eigenvalue weighted by molar-refractivity contribution is 6.90. The zero-order valence-corrected chi connectivity index (χ0v) is 20.5. The van der Waals surface area contributed by atoms with Gasteiger partial charge >= 0.3 is 6.85 Å². The average molecular weight is 486 g/mol. The van der Waals surface area contributed by atoms with Gasteiger partial charge in [-0.2, -0.15) is 0 Å².